The van der Waals surface area contributed by atoms with Crippen LogP contribution in [-0.2, 0) is 0 Å². The zero-order valence-corrected chi connectivity index (χ0v) is 17.4. The van der Waals surface area contributed by atoms with Crippen LogP contribution in [-0.4, -0.2) is 11.2 Å². The van der Waals surface area contributed by atoms with E-state index < -0.39 is 0 Å². The Balaban J connectivity index is 1.47. The summed E-state index contributed by atoms with van der Waals surface area (Å²) in [6.45, 7) is 6.60. The predicted molar refractivity (Wildman–Crippen MR) is 115 cm³/mol. The molecule has 0 aliphatic heterocycles. The van der Waals surface area contributed by atoms with Crippen LogP contribution in [0.15, 0.2) is 18.2 Å². The van der Waals surface area contributed by atoms with E-state index in [1.807, 2.05) is 0 Å². The molecule has 4 aliphatic carbocycles. The monoisotopic (exact) mass is 370 g/mol. The first kappa shape index (κ1) is 18.3. The van der Waals surface area contributed by atoms with Gasteiger partial charge in [-0.15, -0.1) is 0 Å². The van der Waals surface area contributed by atoms with E-state index in [1.165, 1.54) is 62.5 Å². The maximum absolute atomic E-state index is 5.75. The van der Waals surface area contributed by atoms with Gasteiger partial charge in [-0.25, -0.2) is 0 Å². The van der Waals surface area contributed by atoms with Crippen molar-refractivity contribution in [3.8, 4) is 0 Å². The van der Waals surface area contributed by atoms with Crippen LogP contribution in [0.1, 0.15) is 69.4 Å². The first-order valence-electron chi connectivity index (χ1n) is 10.6. The molecule has 1 unspecified atom stereocenters. The van der Waals surface area contributed by atoms with Crippen molar-refractivity contribution >= 4 is 23.0 Å². The van der Waals surface area contributed by atoms with Crippen LogP contribution in [0, 0.1) is 37.0 Å². The van der Waals surface area contributed by atoms with Crippen LogP contribution in [0.5, 0.6) is 0 Å². The number of rotatable bonds is 5. The molecule has 0 amide bonds. The van der Waals surface area contributed by atoms with Crippen molar-refractivity contribution < 1.29 is 0 Å². The third kappa shape index (κ3) is 3.65. The van der Waals surface area contributed by atoms with E-state index in [4.69, 9.17) is 12.2 Å². The second-order valence-corrected chi connectivity index (χ2v) is 10.0. The molecule has 142 valence electrons. The summed E-state index contributed by atoms with van der Waals surface area (Å²) in [5.74, 6) is 2.97. The quantitative estimate of drug-likeness (QED) is 0.624. The van der Waals surface area contributed by atoms with E-state index >= 15 is 0 Å². The molecule has 1 aromatic rings. The van der Waals surface area contributed by atoms with Gasteiger partial charge < -0.3 is 10.6 Å². The minimum Gasteiger partial charge on any atom is -0.359 e. The lowest BCUT2D eigenvalue weighted by Gasteiger charge is -2.59. The predicted octanol–water partition coefficient (Wildman–Crippen LogP) is 5.97. The number of aryl methyl sites for hydroxylation is 2. The molecule has 4 fully saturated rings. The smallest absolute Gasteiger partial charge is 0.171 e. The van der Waals surface area contributed by atoms with Gasteiger partial charge in [-0.05, 0) is 117 Å². The normalized spacial score (nSPS) is 33.1. The first-order valence-corrected chi connectivity index (χ1v) is 11.0. The van der Waals surface area contributed by atoms with E-state index in [1.54, 1.807) is 0 Å². The van der Waals surface area contributed by atoms with Gasteiger partial charge in [0.1, 0.15) is 0 Å². The third-order valence-corrected chi connectivity index (χ3v) is 7.41. The average Bonchev–Trinajstić information content (AvgIpc) is 2.52. The van der Waals surface area contributed by atoms with Gasteiger partial charge in [-0.3, -0.25) is 0 Å². The van der Waals surface area contributed by atoms with Crippen LogP contribution < -0.4 is 10.6 Å². The van der Waals surface area contributed by atoms with Gasteiger partial charge in [0.05, 0.1) is 0 Å². The molecule has 2 N–H and O–H groups in total. The van der Waals surface area contributed by atoms with Crippen molar-refractivity contribution in [2.45, 2.75) is 78.2 Å². The molecular weight excluding hydrogens is 336 g/mol. The Bertz CT molecular complexity index is 625. The topological polar surface area (TPSA) is 24.1 Å². The van der Waals surface area contributed by atoms with E-state index in [9.17, 15) is 0 Å². The minimum absolute atomic E-state index is 0.499. The highest BCUT2D eigenvalue weighted by molar-refractivity contribution is 7.80. The van der Waals surface area contributed by atoms with Crippen LogP contribution >= 0.6 is 12.2 Å². The summed E-state index contributed by atoms with van der Waals surface area (Å²) in [6.07, 6.45) is 11.3. The lowest BCUT2D eigenvalue weighted by atomic mass is 9.47. The summed E-state index contributed by atoms with van der Waals surface area (Å²) >= 11 is 5.75. The number of hydrogen-bond donors (Lipinski definition) is 2. The number of hydrogen-bond acceptors (Lipinski definition) is 1. The standard InChI is InChI=1S/C23H34N2S/c1-4-5-21(23-12-17-9-18(13-23)11-19(10-17)14-23)25-22(26)24-20-7-15(2)6-16(3)8-20/h6-8,17-19,21H,4-5,9-14H2,1-3H3,(H2,24,25,26). The Morgan fingerprint density at radius 3 is 2.08 bits per heavy atom. The van der Waals surface area contributed by atoms with Crippen molar-refractivity contribution in [2.24, 2.45) is 23.2 Å². The Morgan fingerprint density at radius 1 is 1.04 bits per heavy atom. The van der Waals surface area contributed by atoms with Crippen LogP contribution in [0.3, 0.4) is 0 Å². The molecule has 26 heavy (non-hydrogen) atoms. The highest BCUT2D eigenvalue weighted by atomic mass is 32.1. The van der Waals surface area contributed by atoms with Gasteiger partial charge in [0.25, 0.3) is 0 Å². The van der Waals surface area contributed by atoms with E-state index in [-0.39, 0.29) is 0 Å². The summed E-state index contributed by atoms with van der Waals surface area (Å²) in [6, 6.07) is 7.10. The van der Waals surface area contributed by atoms with E-state index in [0.717, 1.165) is 28.6 Å². The fourth-order valence-electron chi connectivity index (χ4n) is 6.80. The summed E-state index contributed by atoms with van der Waals surface area (Å²) in [5, 5.41) is 8.06. The number of thiocarbonyl (C=S) groups is 1. The SMILES string of the molecule is CCCC(NC(=S)Nc1cc(C)cc(C)c1)C12CC3CC(CC(C3)C1)C2. The van der Waals surface area contributed by atoms with Crippen molar-refractivity contribution in [1.82, 2.24) is 5.32 Å². The summed E-state index contributed by atoms with van der Waals surface area (Å²) < 4.78 is 0. The molecule has 4 bridgehead atoms. The van der Waals surface area contributed by atoms with Crippen molar-refractivity contribution in [3.05, 3.63) is 29.3 Å². The maximum Gasteiger partial charge on any atom is 0.171 e. The van der Waals surface area contributed by atoms with Gasteiger partial charge >= 0.3 is 0 Å². The molecule has 0 spiro atoms. The zero-order chi connectivity index (χ0) is 18.3. The Labute approximate surface area is 164 Å². The summed E-state index contributed by atoms with van der Waals surface area (Å²) in [7, 11) is 0. The molecule has 0 radical (unpaired) electrons. The Morgan fingerprint density at radius 2 is 1.58 bits per heavy atom. The zero-order valence-electron chi connectivity index (χ0n) is 16.6. The van der Waals surface area contributed by atoms with Crippen molar-refractivity contribution in [2.75, 3.05) is 5.32 Å². The van der Waals surface area contributed by atoms with Gasteiger partial charge in [0.15, 0.2) is 5.11 Å². The lowest BCUT2D eigenvalue weighted by Crippen LogP contribution is -2.57. The highest BCUT2D eigenvalue weighted by Gasteiger charge is 2.54. The minimum atomic E-state index is 0.499. The lowest BCUT2D eigenvalue weighted by molar-refractivity contribution is -0.0718. The van der Waals surface area contributed by atoms with Gasteiger partial charge in [-0.2, -0.15) is 0 Å². The van der Waals surface area contributed by atoms with E-state index in [2.05, 4.69) is 49.6 Å². The van der Waals surface area contributed by atoms with E-state index in [0.29, 0.717) is 11.5 Å². The number of nitrogens with one attached hydrogen (secondary N) is 2. The average molecular weight is 371 g/mol. The Kier molecular flexibility index (Phi) is 5.02. The second-order valence-electron chi connectivity index (χ2n) is 9.60. The van der Waals surface area contributed by atoms with Gasteiger partial charge in [-0.1, -0.05) is 19.4 Å². The number of anilines is 1. The van der Waals surface area contributed by atoms with Crippen molar-refractivity contribution in [1.29, 1.82) is 0 Å². The number of benzene rings is 1. The first-order chi connectivity index (χ1) is 12.5. The van der Waals surface area contributed by atoms with Gasteiger partial charge in [0.2, 0.25) is 0 Å². The third-order valence-electron chi connectivity index (χ3n) is 7.19. The summed E-state index contributed by atoms with van der Waals surface area (Å²) in [5.41, 5.74) is 4.17. The molecule has 2 nitrogen and oxygen atoms in total. The van der Waals surface area contributed by atoms with Crippen LogP contribution in [0.4, 0.5) is 5.69 Å². The molecule has 0 heterocycles. The highest BCUT2D eigenvalue weighted by Crippen LogP contribution is 2.61. The molecule has 4 saturated carbocycles. The molecule has 3 heteroatoms. The summed E-state index contributed by atoms with van der Waals surface area (Å²) in [4.78, 5) is 0. The van der Waals surface area contributed by atoms with Gasteiger partial charge in [0, 0.05) is 11.7 Å². The molecule has 5 rings (SSSR count). The molecule has 1 atom stereocenters. The van der Waals surface area contributed by atoms with Crippen molar-refractivity contribution in [3.63, 3.8) is 0 Å². The maximum atomic E-state index is 5.75. The fourth-order valence-corrected chi connectivity index (χ4v) is 7.06. The van der Waals surface area contributed by atoms with Crippen LogP contribution in [0.25, 0.3) is 0 Å². The molecule has 1 aromatic carbocycles. The Hall–Kier alpha value is -1.09. The fraction of sp³-hybridized carbons (Fsp3) is 0.696. The second kappa shape index (κ2) is 7.14. The van der Waals surface area contributed by atoms with Crippen LogP contribution in [0.2, 0.25) is 0 Å². The molecule has 0 saturated heterocycles. The molecule has 4 aliphatic rings. The molecule has 0 aromatic heterocycles. The molecular formula is C23H34N2S. The largest absolute Gasteiger partial charge is 0.359 e.